The second-order valence-corrected chi connectivity index (χ2v) is 5.74. The first-order valence-electron chi connectivity index (χ1n) is 4.61. The van der Waals surface area contributed by atoms with E-state index < -0.39 is 11.9 Å². The maximum absolute atomic E-state index is 11.4. The van der Waals surface area contributed by atoms with E-state index in [1.54, 1.807) is 6.92 Å². The minimum absolute atomic E-state index is 0.0173. The van der Waals surface area contributed by atoms with Crippen LogP contribution in [0.4, 0.5) is 0 Å². The second-order valence-electron chi connectivity index (χ2n) is 4.66. The zero-order chi connectivity index (χ0) is 11.4. The van der Waals surface area contributed by atoms with Gasteiger partial charge >= 0.3 is 5.97 Å². The molecule has 0 fully saturated rings. The molecular formula is C10H18O3S. The summed E-state index contributed by atoms with van der Waals surface area (Å²) in [6.45, 7) is 7.59. The first-order valence-corrected chi connectivity index (χ1v) is 5.59. The van der Waals surface area contributed by atoms with E-state index in [9.17, 15) is 9.59 Å². The molecule has 0 amide bonds. The molecule has 1 N–H and O–H groups in total. The first kappa shape index (κ1) is 13.5. The number of hydrogen-bond donors (Lipinski definition) is 1. The molecular weight excluding hydrogens is 200 g/mol. The van der Waals surface area contributed by atoms with E-state index in [0.717, 1.165) is 11.8 Å². The van der Waals surface area contributed by atoms with Crippen molar-refractivity contribution in [3.8, 4) is 0 Å². The van der Waals surface area contributed by atoms with Crippen LogP contribution in [0, 0.1) is 11.3 Å². The number of aliphatic carboxylic acids is 1. The fourth-order valence-corrected chi connectivity index (χ4v) is 1.89. The Bertz CT molecular complexity index is 218. The standard InChI is InChI=1S/C10H18O3S/c1-7(9(12)13)6-14-8(11)5-10(2,3)4/h7H,5-6H2,1-4H3,(H,12,13). The highest BCUT2D eigenvalue weighted by atomic mass is 32.2. The molecule has 0 aliphatic heterocycles. The highest BCUT2D eigenvalue weighted by Gasteiger charge is 2.18. The van der Waals surface area contributed by atoms with Crippen molar-refractivity contribution < 1.29 is 14.7 Å². The van der Waals surface area contributed by atoms with Crippen LogP contribution >= 0.6 is 11.8 Å². The molecule has 0 aliphatic carbocycles. The summed E-state index contributed by atoms with van der Waals surface area (Å²) < 4.78 is 0. The second kappa shape index (κ2) is 5.39. The lowest BCUT2D eigenvalue weighted by molar-refractivity contribution is -0.140. The first-order chi connectivity index (χ1) is 6.22. The SMILES string of the molecule is CC(CSC(=O)CC(C)(C)C)C(=O)O. The minimum Gasteiger partial charge on any atom is -0.481 e. The van der Waals surface area contributed by atoms with Crippen molar-refractivity contribution in [1.82, 2.24) is 0 Å². The maximum Gasteiger partial charge on any atom is 0.307 e. The van der Waals surface area contributed by atoms with Crippen molar-refractivity contribution in [2.24, 2.45) is 11.3 Å². The summed E-state index contributed by atoms with van der Waals surface area (Å²) in [5.41, 5.74) is -0.0173. The Hall–Kier alpha value is -0.510. The number of carbonyl (C=O) groups is 2. The Balaban J connectivity index is 3.81. The lowest BCUT2D eigenvalue weighted by atomic mass is 9.93. The van der Waals surface area contributed by atoms with Gasteiger partial charge in [0.15, 0.2) is 5.12 Å². The Morgan fingerprint density at radius 3 is 2.21 bits per heavy atom. The van der Waals surface area contributed by atoms with Crippen molar-refractivity contribution in [3.05, 3.63) is 0 Å². The molecule has 0 saturated heterocycles. The van der Waals surface area contributed by atoms with Crippen LogP contribution in [0.25, 0.3) is 0 Å². The molecule has 82 valence electrons. The lowest BCUT2D eigenvalue weighted by Gasteiger charge is -2.16. The Labute approximate surface area is 89.3 Å². The predicted molar refractivity (Wildman–Crippen MR) is 58.3 cm³/mol. The summed E-state index contributed by atoms with van der Waals surface area (Å²) in [5, 5.41) is 8.68. The van der Waals surface area contributed by atoms with E-state index >= 15 is 0 Å². The normalized spacial score (nSPS) is 13.7. The van der Waals surface area contributed by atoms with Crippen LogP contribution < -0.4 is 0 Å². The molecule has 0 heterocycles. The molecule has 1 unspecified atom stereocenters. The monoisotopic (exact) mass is 218 g/mol. The molecule has 0 bridgehead atoms. The summed E-state index contributed by atoms with van der Waals surface area (Å²) in [4.78, 5) is 21.8. The average Bonchev–Trinajstić information content (AvgIpc) is 1.96. The van der Waals surface area contributed by atoms with Gasteiger partial charge in [-0.15, -0.1) is 0 Å². The summed E-state index contributed by atoms with van der Waals surface area (Å²) >= 11 is 1.12. The Kier molecular flexibility index (Phi) is 5.19. The molecule has 0 aromatic carbocycles. The summed E-state index contributed by atoms with van der Waals surface area (Å²) in [5.74, 6) is -0.936. The predicted octanol–water partition coefficient (Wildman–Crippen LogP) is 2.40. The van der Waals surface area contributed by atoms with E-state index in [1.165, 1.54) is 0 Å². The van der Waals surface area contributed by atoms with E-state index in [0.29, 0.717) is 12.2 Å². The number of rotatable bonds is 4. The smallest absolute Gasteiger partial charge is 0.307 e. The van der Waals surface area contributed by atoms with Crippen LogP contribution in [-0.4, -0.2) is 21.9 Å². The number of hydrogen-bond acceptors (Lipinski definition) is 3. The minimum atomic E-state index is -0.846. The fourth-order valence-electron chi connectivity index (χ4n) is 0.773. The van der Waals surface area contributed by atoms with Gasteiger partial charge in [0.2, 0.25) is 0 Å². The molecule has 0 spiro atoms. The zero-order valence-corrected chi connectivity index (χ0v) is 9.98. The molecule has 4 heteroatoms. The Morgan fingerprint density at radius 1 is 1.36 bits per heavy atom. The quantitative estimate of drug-likeness (QED) is 0.787. The van der Waals surface area contributed by atoms with Gasteiger partial charge in [0.1, 0.15) is 0 Å². The molecule has 0 rings (SSSR count). The average molecular weight is 218 g/mol. The summed E-state index contributed by atoms with van der Waals surface area (Å²) in [7, 11) is 0. The van der Waals surface area contributed by atoms with Gasteiger partial charge in [-0.1, -0.05) is 39.5 Å². The van der Waals surface area contributed by atoms with E-state index in [2.05, 4.69) is 0 Å². The van der Waals surface area contributed by atoms with Crippen molar-refractivity contribution >= 4 is 22.8 Å². The number of carboxylic acid groups (broad SMARTS) is 1. The van der Waals surface area contributed by atoms with Crippen LogP contribution in [-0.2, 0) is 9.59 Å². The molecule has 0 aromatic heterocycles. The van der Waals surface area contributed by atoms with Gasteiger partial charge in [0.05, 0.1) is 5.92 Å². The summed E-state index contributed by atoms with van der Waals surface area (Å²) in [6.07, 6.45) is 0.490. The highest BCUT2D eigenvalue weighted by Crippen LogP contribution is 2.23. The molecule has 0 aromatic rings. The lowest BCUT2D eigenvalue weighted by Crippen LogP contribution is -2.15. The van der Waals surface area contributed by atoms with Gasteiger partial charge in [-0.2, -0.15) is 0 Å². The molecule has 0 saturated carbocycles. The van der Waals surface area contributed by atoms with E-state index in [4.69, 9.17) is 5.11 Å². The van der Waals surface area contributed by atoms with Crippen LogP contribution in [0.15, 0.2) is 0 Å². The molecule has 3 nitrogen and oxygen atoms in total. The topological polar surface area (TPSA) is 54.4 Å². The molecule has 0 radical (unpaired) electrons. The van der Waals surface area contributed by atoms with Crippen molar-refractivity contribution in [3.63, 3.8) is 0 Å². The van der Waals surface area contributed by atoms with Gasteiger partial charge in [-0.25, -0.2) is 0 Å². The van der Waals surface area contributed by atoms with Gasteiger partial charge in [-0.05, 0) is 5.41 Å². The highest BCUT2D eigenvalue weighted by molar-refractivity contribution is 8.13. The molecule has 14 heavy (non-hydrogen) atoms. The van der Waals surface area contributed by atoms with Crippen molar-refractivity contribution in [2.45, 2.75) is 34.1 Å². The van der Waals surface area contributed by atoms with E-state index in [1.807, 2.05) is 20.8 Å². The number of carbonyl (C=O) groups excluding carboxylic acids is 1. The Morgan fingerprint density at radius 2 is 1.86 bits per heavy atom. The van der Waals surface area contributed by atoms with Crippen LogP contribution in [0.5, 0.6) is 0 Å². The van der Waals surface area contributed by atoms with Crippen molar-refractivity contribution in [1.29, 1.82) is 0 Å². The number of carboxylic acids is 1. The summed E-state index contributed by atoms with van der Waals surface area (Å²) in [6, 6.07) is 0. The van der Waals surface area contributed by atoms with Crippen LogP contribution in [0.2, 0.25) is 0 Å². The van der Waals surface area contributed by atoms with Gasteiger partial charge in [0, 0.05) is 12.2 Å². The fraction of sp³-hybridized carbons (Fsp3) is 0.800. The zero-order valence-electron chi connectivity index (χ0n) is 9.16. The maximum atomic E-state index is 11.4. The third-order valence-electron chi connectivity index (χ3n) is 1.59. The van der Waals surface area contributed by atoms with Crippen LogP contribution in [0.1, 0.15) is 34.1 Å². The third kappa shape index (κ3) is 6.95. The largest absolute Gasteiger partial charge is 0.481 e. The molecule has 0 aliphatic rings. The third-order valence-corrected chi connectivity index (χ3v) is 2.72. The van der Waals surface area contributed by atoms with Gasteiger partial charge in [-0.3, -0.25) is 9.59 Å². The number of thioether (sulfide) groups is 1. The van der Waals surface area contributed by atoms with E-state index in [-0.39, 0.29) is 10.5 Å². The van der Waals surface area contributed by atoms with Gasteiger partial charge in [0.25, 0.3) is 0 Å². The van der Waals surface area contributed by atoms with Crippen molar-refractivity contribution in [2.75, 3.05) is 5.75 Å². The molecule has 1 atom stereocenters. The van der Waals surface area contributed by atoms with Gasteiger partial charge < -0.3 is 5.11 Å². The van der Waals surface area contributed by atoms with Crippen LogP contribution in [0.3, 0.4) is 0 Å².